The first-order chi connectivity index (χ1) is 7.11. The molecule has 1 saturated heterocycles. The van der Waals surface area contributed by atoms with Crippen molar-refractivity contribution in [3.63, 3.8) is 0 Å². The molecule has 0 bridgehead atoms. The minimum atomic E-state index is -0.121. The Morgan fingerprint density at radius 1 is 1.27 bits per heavy atom. The third-order valence-corrected chi connectivity index (χ3v) is 3.50. The van der Waals surface area contributed by atoms with Crippen LogP contribution < -0.4 is 0 Å². The number of likely N-dealkylation sites (tertiary alicyclic amines) is 1. The predicted octanol–water partition coefficient (Wildman–Crippen LogP) is 2.66. The van der Waals surface area contributed by atoms with E-state index < -0.39 is 0 Å². The van der Waals surface area contributed by atoms with Crippen LogP contribution >= 0.6 is 0 Å². The van der Waals surface area contributed by atoms with E-state index in [9.17, 15) is 5.11 Å². The summed E-state index contributed by atoms with van der Waals surface area (Å²) in [5.41, 5.74) is 0. The van der Waals surface area contributed by atoms with Crippen LogP contribution in [0.15, 0.2) is 0 Å². The van der Waals surface area contributed by atoms with Crippen LogP contribution in [0.4, 0.5) is 0 Å². The highest BCUT2D eigenvalue weighted by atomic mass is 16.3. The number of unbranched alkanes of at least 4 members (excludes halogenated alkanes) is 1. The van der Waals surface area contributed by atoms with E-state index in [1.54, 1.807) is 0 Å². The lowest BCUT2D eigenvalue weighted by molar-refractivity contribution is 0.170. The Bertz CT molecular complexity index is 168. The van der Waals surface area contributed by atoms with Gasteiger partial charge in [0.1, 0.15) is 0 Å². The molecular weight excluding hydrogens is 186 g/mol. The Labute approximate surface area is 94.7 Å². The summed E-state index contributed by atoms with van der Waals surface area (Å²) >= 11 is 0. The zero-order valence-electron chi connectivity index (χ0n) is 10.6. The molecule has 0 saturated carbocycles. The van der Waals surface area contributed by atoms with Crippen molar-refractivity contribution in [3.05, 3.63) is 0 Å². The summed E-state index contributed by atoms with van der Waals surface area (Å²) in [6.45, 7) is 9.07. The minimum absolute atomic E-state index is 0.121. The average molecular weight is 213 g/mol. The second-order valence-electron chi connectivity index (χ2n) is 5.33. The Morgan fingerprint density at radius 3 is 2.60 bits per heavy atom. The van der Waals surface area contributed by atoms with Crippen molar-refractivity contribution in [1.82, 2.24) is 4.90 Å². The Morgan fingerprint density at radius 2 is 2.00 bits per heavy atom. The van der Waals surface area contributed by atoms with E-state index in [-0.39, 0.29) is 6.10 Å². The molecule has 0 radical (unpaired) electrons. The quantitative estimate of drug-likeness (QED) is 0.686. The van der Waals surface area contributed by atoms with Gasteiger partial charge in [-0.05, 0) is 58.0 Å². The maximum absolute atomic E-state index is 9.17. The monoisotopic (exact) mass is 213 g/mol. The van der Waals surface area contributed by atoms with Crippen molar-refractivity contribution in [2.45, 2.75) is 65.0 Å². The van der Waals surface area contributed by atoms with Gasteiger partial charge in [-0.2, -0.15) is 0 Å². The van der Waals surface area contributed by atoms with Crippen molar-refractivity contribution >= 4 is 0 Å². The Hall–Kier alpha value is -0.0800. The fourth-order valence-corrected chi connectivity index (χ4v) is 2.64. The summed E-state index contributed by atoms with van der Waals surface area (Å²) in [5, 5.41) is 9.17. The van der Waals surface area contributed by atoms with E-state index >= 15 is 0 Å². The lowest BCUT2D eigenvalue weighted by Gasteiger charge is -2.27. The molecule has 1 aliphatic rings. The van der Waals surface area contributed by atoms with Crippen LogP contribution in [0, 0.1) is 5.92 Å². The van der Waals surface area contributed by atoms with Gasteiger partial charge in [-0.15, -0.1) is 0 Å². The number of aliphatic hydroxyl groups excluding tert-OH is 1. The molecule has 0 amide bonds. The molecular formula is C13H27NO. The summed E-state index contributed by atoms with van der Waals surface area (Å²) < 4.78 is 0. The lowest BCUT2D eigenvalue weighted by atomic mass is 10.0. The number of hydrogen-bond acceptors (Lipinski definition) is 2. The zero-order valence-corrected chi connectivity index (χ0v) is 10.6. The van der Waals surface area contributed by atoms with Gasteiger partial charge in [0.25, 0.3) is 0 Å². The number of rotatable bonds is 6. The van der Waals surface area contributed by atoms with E-state index in [1.165, 1.54) is 38.8 Å². The van der Waals surface area contributed by atoms with Gasteiger partial charge in [-0.3, -0.25) is 0 Å². The van der Waals surface area contributed by atoms with Gasteiger partial charge in [0.2, 0.25) is 0 Å². The first-order valence-electron chi connectivity index (χ1n) is 6.53. The highest BCUT2D eigenvalue weighted by Gasteiger charge is 2.25. The standard InChI is InChI=1S/C13H27NO/c1-11(2)13-8-6-10-14(13)9-5-4-7-12(3)15/h11-13,15H,4-10H2,1-3H3. The van der Waals surface area contributed by atoms with Crippen molar-refractivity contribution in [2.24, 2.45) is 5.92 Å². The minimum Gasteiger partial charge on any atom is -0.393 e. The normalized spacial score (nSPS) is 25.0. The molecule has 2 nitrogen and oxygen atoms in total. The molecule has 0 spiro atoms. The Balaban J connectivity index is 2.14. The molecule has 1 N–H and O–H groups in total. The van der Waals surface area contributed by atoms with E-state index in [0.717, 1.165) is 18.4 Å². The molecule has 0 aromatic heterocycles. The van der Waals surface area contributed by atoms with E-state index in [0.29, 0.717) is 0 Å². The van der Waals surface area contributed by atoms with E-state index in [2.05, 4.69) is 18.7 Å². The topological polar surface area (TPSA) is 23.5 Å². The third kappa shape index (κ3) is 4.52. The molecule has 0 aromatic rings. The molecule has 2 atom stereocenters. The molecule has 1 rings (SSSR count). The smallest absolute Gasteiger partial charge is 0.0512 e. The van der Waals surface area contributed by atoms with Crippen LogP contribution in [0.2, 0.25) is 0 Å². The van der Waals surface area contributed by atoms with Crippen LogP contribution in [0.5, 0.6) is 0 Å². The summed E-state index contributed by atoms with van der Waals surface area (Å²) in [6, 6.07) is 0.816. The molecule has 0 aromatic carbocycles. The van der Waals surface area contributed by atoms with E-state index in [1.807, 2.05) is 6.92 Å². The van der Waals surface area contributed by atoms with Crippen molar-refractivity contribution in [2.75, 3.05) is 13.1 Å². The van der Waals surface area contributed by atoms with Crippen molar-refractivity contribution in [1.29, 1.82) is 0 Å². The summed E-state index contributed by atoms with van der Waals surface area (Å²) in [6.07, 6.45) is 6.00. The third-order valence-electron chi connectivity index (χ3n) is 3.50. The summed E-state index contributed by atoms with van der Waals surface area (Å²) in [5.74, 6) is 0.796. The lowest BCUT2D eigenvalue weighted by Crippen LogP contribution is -2.34. The predicted molar refractivity (Wildman–Crippen MR) is 65.0 cm³/mol. The zero-order chi connectivity index (χ0) is 11.3. The van der Waals surface area contributed by atoms with Crippen LogP contribution in [0.25, 0.3) is 0 Å². The molecule has 2 unspecified atom stereocenters. The van der Waals surface area contributed by atoms with Crippen LogP contribution in [0.1, 0.15) is 52.9 Å². The first kappa shape index (κ1) is 13.0. The van der Waals surface area contributed by atoms with Gasteiger partial charge in [0.15, 0.2) is 0 Å². The molecule has 90 valence electrons. The second-order valence-corrected chi connectivity index (χ2v) is 5.33. The van der Waals surface area contributed by atoms with Gasteiger partial charge < -0.3 is 10.0 Å². The summed E-state index contributed by atoms with van der Waals surface area (Å²) in [7, 11) is 0. The van der Waals surface area contributed by atoms with Crippen molar-refractivity contribution < 1.29 is 5.11 Å². The number of nitrogens with zero attached hydrogens (tertiary/aromatic N) is 1. The van der Waals surface area contributed by atoms with Gasteiger partial charge in [-0.1, -0.05) is 13.8 Å². The van der Waals surface area contributed by atoms with Gasteiger partial charge >= 0.3 is 0 Å². The SMILES string of the molecule is CC(O)CCCCN1CCCC1C(C)C. The number of hydrogen-bond donors (Lipinski definition) is 1. The average Bonchev–Trinajstić information content (AvgIpc) is 2.60. The summed E-state index contributed by atoms with van der Waals surface area (Å²) in [4.78, 5) is 2.65. The molecule has 1 aliphatic heterocycles. The largest absolute Gasteiger partial charge is 0.393 e. The molecule has 2 heteroatoms. The molecule has 1 fully saturated rings. The molecule has 1 heterocycles. The van der Waals surface area contributed by atoms with Gasteiger partial charge in [0.05, 0.1) is 6.10 Å². The first-order valence-corrected chi connectivity index (χ1v) is 6.53. The Kier molecular flexibility index (Phi) is 5.62. The fourth-order valence-electron chi connectivity index (χ4n) is 2.64. The highest BCUT2D eigenvalue weighted by Crippen LogP contribution is 2.23. The van der Waals surface area contributed by atoms with Crippen LogP contribution in [-0.4, -0.2) is 35.2 Å². The van der Waals surface area contributed by atoms with Crippen LogP contribution in [-0.2, 0) is 0 Å². The maximum Gasteiger partial charge on any atom is 0.0512 e. The van der Waals surface area contributed by atoms with Gasteiger partial charge in [-0.25, -0.2) is 0 Å². The molecule has 15 heavy (non-hydrogen) atoms. The van der Waals surface area contributed by atoms with Crippen LogP contribution in [0.3, 0.4) is 0 Å². The fraction of sp³-hybridized carbons (Fsp3) is 1.00. The maximum atomic E-state index is 9.17. The number of aliphatic hydroxyl groups is 1. The van der Waals surface area contributed by atoms with Gasteiger partial charge in [0, 0.05) is 6.04 Å². The highest BCUT2D eigenvalue weighted by molar-refractivity contribution is 4.81. The van der Waals surface area contributed by atoms with Crippen molar-refractivity contribution in [3.8, 4) is 0 Å². The van der Waals surface area contributed by atoms with E-state index in [4.69, 9.17) is 0 Å². The molecule has 0 aliphatic carbocycles. The second kappa shape index (κ2) is 6.49.